The number of rotatable bonds is 8. The van der Waals surface area contributed by atoms with E-state index in [4.69, 9.17) is 21.3 Å². The van der Waals surface area contributed by atoms with E-state index in [0.717, 1.165) is 22.4 Å². The van der Waals surface area contributed by atoms with Gasteiger partial charge in [-0.1, -0.05) is 54.1 Å². The average molecular weight is 476 g/mol. The number of ether oxygens (including phenoxy) is 1. The number of carbonyl (C=O) groups excluding carboxylic acids is 1. The molecule has 5 rings (SSSR count). The van der Waals surface area contributed by atoms with E-state index in [-0.39, 0.29) is 18.4 Å². The van der Waals surface area contributed by atoms with Gasteiger partial charge in [0.25, 0.3) is 0 Å². The second-order valence-corrected chi connectivity index (χ2v) is 9.09. The summed E-state index contributed by atoms with van der Waals surface area (Å²) in [6, 6.07) is 24.9. The van der Waals surface area contributed by atoms with Gasteiger partial charge in [0.1, 0.15) is 24.3 Å². The predicted molar refractivity (Wildman–Crippen MR) is 132 cm³/mol. The second kappa shape index (κ2) is 9.87. The molecule has 4 aromatic rings. The molecule has 1 aromatic heterocycles. The standard InChI is InChI=1S/C27H26ClN3O3/c28-21-10-12-23(13-11-21)34-18-22(32)17-31-25-9-5-4-8-24(25)29-27(31)20-14-26(33)30(16-20)15-19-6-2-1-3-7-19/h1-13,20,22,32H,14-18H2. The van der Waals surface area contributed by atoms with E-state index in [9.17, 15) is 9.90 Å². The fraction of sp³-hybridized carbons (Fsp3) is 0.259. The predicted octanol–water partition coefficient (Wildman–Crippen LogP) is 4.65. The van der Waals surface area contributed by atoms with Crippen LogP contribution in [-0.4, -0.2) is 44.7 Å². The molecule has 2 heterocycles. The summed E-state index contributed by atoms with van der Waals surface area (Å²) < 4.78 is 7.78. The molecule has 1 aliphatic rings. The summed E-state index contributed by atoms with van der Waals surface area (Å²) in [5, 5.41) is 11.4. The highest BCUT2D eigenvalue weighted by Crippen LogP contribution is 2.31. The van der Waals surface area contributed by atoms with Gasteiger partial charge < -0.3 is 19.3 Å². The number of nitrogens with zero attached hydrogens (tertiary/aromatic N) is 3. The summed E-state index contributed by atoms with van der Waals surface area (Å²) in [6.45, 7) is 1.66. The second-order valence-electron chi connectivity index (χ2n) is 8.65. The van der Waals surface area contributed by atoms with E-state index in [1.54, 1.807) is 24.3 Å². The molecular weight excluding hydrogens is 450 g/mol. The van der Waals surface area contributed by atoms with Gasteiger partial charge in [-0.3, -0.25) is 4.79 Å². The molecular formula is C27H26ClN3O3. The summed E-state index contributed by atoms with van der Waals surface area (Å²) in [6.07, 6.45) is -0.336. The minimum atomic E-state index is -0.746. The maximum atomic E-state index is 12.8. The van der Waals surface area contributed by atoms with Crippen molar-refractivity contribution in [2.24, 2.45) is 0 Å². The molecule has 0 aliphatic carbocycles. The number of fused-ring (bicyclic) bond motifs is 1. The molecule has 2 unspecified atom stereocenters. The van der Waals surface area contributed by atoms with Crippen molar-refractivity contribution in [3.8, 4) is 5.75 Å². The van der Waals surface area contributed by atoms with Crippen molar-refractivity contribution in [2.75, 3.05) is 13.2 Å². The van der Waals surface area contributed by atoms with Crippen LogP contribution in [0.1, 0.15) is 23.7 Å². The van der Waals surface area contributed by atoms with Crippen LogP contribution in [0.15, 0.2) is 78.9 Å². The van der Waals surface area contributed by atoms with Gasteiger partial charge >= 0.3 is 0 Å². The lowest BCUT2D eigenvalue weighted by atomic mass is 10.1. The van der Waals surface area contributed by atoms with E-state index in [1.807, 2.05) is 64.1 Å². The molecule has 174 valence electrons. The van der Waals surface area contributed by atoms with Gasteiger partial charge in [0.05, 0.1) is 17.6 Å². The lowest BCUT2D eigenvalue weighted by molar-refractivity contribution is -0.128. The summed E-state index contributed by atoms with van der Waals surface area (Å²) in [5.74, 6) is 1.57. The number of aromatic nitrogens is 2. The Kier molecular flexibility index (Phi) is 6.52. The molecule has 2 atom stereocenters. The van der Waals surface area contributed by atoms with Crippen LogP contribution < -0.4 is 4.74 Å². The van der Waals surface area contributed by atoms with E-state index in [2.05, 4.69) is 0 Å². The van der Waals surface area contributed by atoms with Crippen LogP contribution in [0.3, 0.4) is 0 Å². The number of amides is 1. The molecule has 0 bridgehead atoms. The first-order chi connectivity index (χ1) is 16.6. The topological polar surface area (TPSA) is 67.6 Å². The molecule has 1 amide bonds. The Hall–Kier alpha value is -3.35. The van der Waals surface area contributed by atoms with Crippen molar-refractivity contribution < 1.29 is 14.6 Å². The Bertz CT molecular complexity index is 1270. The van der Waals surface area contributed by atoms with Gasteiger partial charge in [0, 0.05) is 30.5 Å². The Morgan fingerprint density at radius 3 is 2.56 bits per heavy atom. The third-order valence-corrected chi connectivity index (χ3v) is 6.38. The summed E-state index contributed by atoms with van der Waals surface area (Å²) in [5.41, 5.74) is 2.91. The lowest BCUT2D eigenvalue weighted by Crippen LogP contribution is -2.26. The first-order valence-corrected chi connectivity index (χ1v) is 11.8. The van der Waals surface area contributed by atoms with Crippen molar-refractivity contribution in [1.29, 1.82) is 0 Å². The third-order valence-electron chi connectivity index (χ3n) is 6.13. The van der Waals surface area contributed by atoms with Gasteiger partial charge in [-0.2, -0.15) is 0 Å². The summed E-state index contributed by atoms with van der Waals surface area (Å²) >= 11 is 5.93. The van der Waals surface area contributed by atoms with Crippen molar-refractivity contribution in [3.63, 3.8) is 0 Å². The van der Waals surface area contributed by atoms with Gasteiger partial charge in [0.2, 0.25) is 5.91 Å². The zero-order valence-corrected chi connectivity index (χ0v) is 19.4. The van der Waals surface area contributed by atoms with Gasteiger partial charge in [-0.25, -0.2) is 4.98 Å². The monoisotopic (exact) mass is 475 g/mol. The van der Waals surface area contributed by atoms with Crippen LogP contribution in [0.2, 0.25) is 5.02 Å². The number of hydrogen-bond acceptors (Lipinski definition) is 4. The molecule has 1 fully saturated rings. The van der Waals surface area contributed by atoms with Crippen molar-refractivity contribution in [3.05, 3.63) is 95.3 Å². The number of halogens is 1. The largest absolute Gasteiger partial charge is 0.491 e. The minimum Gasteiger partial charge on any atom is -0.491 e. The fourth-order valence-electron chi connectivity index (χ4n) is 4.49. The number of para-hydroxylation sites is 2. The highest BCUT2D eigenvalue weighted by molar-refractivity contribution is 6.30. The van der Waals surface area contributed by atoms with Crippen LogP contribution in [-0.2, 0) is 17.9 Å². The van der Waals surface area contributed by atoms with Crippen LogP contribution >= 0.6 is 11.6 Å². The minimum absolute atomic E-state index is 0.0343. The van der Waals surface area contributed by atoms with Crippen LogP contribution in [0.4, 0.5) is 0 Å². The number of carbonyl (C=O) groups is 1. The SMILES string of the molecule is O=C1CC(c2nc3ccccc3n2CC(O)COc2ccc(Cl)cc2)CN1Cc1ccccc1. The van der Waals surface area contributed by atoms with Gasteiger partial charge in [0.15, 0.2) is 0 Å². The number of aliphatic hydroxyl groups is 1. The molecule has 1 aliphatic heterocycles. The highest BCUT2D eigenvalue weighted by Gasteiger charge is 2.34. The average Bonchev–Trinajstić information content (AvgIpc) is 3.39. The van der Waals surface area contributed by atoms with Crippen molar-refractivity contribution in [2.45, 2.75) is 31.5 Å². The van der Waals surface area contributed by atoms with Crippen molar-refractivity contribution in [1.82, 2.24) is 14.5 Å². The Morgan fingerprint density at radius 2 is 1.76 bits per heavy atom. The first-order valence-electron chi connectivity index (χ1n) is 11.4. The van der Waals surface area contributed by atoms with Crippen LogP contribution in [0.25, 0.3) is 11.0 Å². The number of likely N-dealkylation sites (tertiary alicyclic amines) is 1. The molecule has 6 nitrogen and oxygen atoms in total. The molecule has 3 aromatic carbocycles. The number of imidazole rings is 1. The van der Waals surface area contributed by atoms with E-state index in [1.165, 1.54) is 0 Å². The van der Waals surface area contributed by atoms with E-state index in [0.29, 0.717) is 36.8 Å². The molecule has 0 radical (unpaired) electrons. The third kappa shape index (κ3) is 4.93. The molecule has 1 N–H and O–H groups in total. The lowest BCUT2D eigenvalue weighted by Gasteiger charge is -2.19. The number of aliphatic hydroxyl groups excluding tert-OH is 1. The highest BCUT2D eigenvalue weighted by atomic mass is 35.5. The van der Waals surface area contributed by atoms with Gasteiger partial charge in [-0.15, -0.1) is 0 Å². The normalized spacial score (nSPS) is 16.8. The summed E-state index contributed by atoms with van der Waals surface area (Å²) in [4.78, 5) is 19.6. The van der Waals surface area contributed by atoms with E-state index < -0.39 is 6.10 Å². The maximum Gasteiger partial charge on any atom is 0.223 e. The molecule has 34 heavy (non-hydrogen) atoms. The molecule has 1 saturated heterocycles. The Morgan fingerprint density at radius 1 is 1.03 bits per heavy atom. The number of benzene rings is 3. The Labute approximate surface area is 203 Å². The zero-order chi connectivity index (χ0) is 23.5. The van der Waals surface area contributed by atoms with E-state index >= 15 is 0 Å². The zero-order valence-electron chi connectivity index (χ0n) is 18.7. The molecule has 7 heteroatoms. The Balaban J connectivity index is 1.33. The number of hydrogen-bond donors (Lipinski definition) is 1. The molecule has 0 saturated carbocycles. The van der Waals surface area contributed by atoms with Crippen LogP contribution in [0, 0.1) is 0 Å². The first kappa shape index (κ1) is 22.4. The smallest absolute Gasteiger partial charge is 0.223 e. The molecule has 0 spiro atoms. The maximum absolute atomic E-state index is 12.8. The van der Waals surface area contributed by atoms with Crippen LogP contribution in [0.5, 0.6) is 5.75 Å². The fourth-order valence-corrected chi connectivity index (χ4v) is 4.61. The van der Waals surface area contributed by atoms with Gasteiger partial charge in [-0.05, 0) is 42.0 Å². The van der Waals surface area contributed by atoms with Crippen molar-refractivity contribution >= 4 is 28.5 Å². The summed E-state index contributed by atoms with van der Waals surface area (Å²) in [7, 11) is 0. The quantitative estimate of drug-likeness (QED) is 0.403.